The van der Waals surface area contributed by atoms with Crippen LogP contribution in [-0.2, 0) is 0 Å². The van der Waals surface area contributed by atoms with Crippen molar-refractivity contribution in [3.05, 3.63) is 194 Å². The molecule has 2 atom stereocenters. The first kappa shape index (κ1) is 38.4. The van der Waals surface area contributed by atoms with Crippen LogP contribution < -0.4 is 0 Å². The molecule has 54 heavy (non-hydrogen) atoms. The van der Waals surface area contributed by atoms with E-state index in [1.807, 2.05) is 13.8 Å². The highest BCUT2D eigenvalue weighted by Gasteiger charge is 2.30. The fourth-order valence-corrected chi connectivity index (χ4v) is 7.72. The Kier molecular flexibility index (Phi) is 14.4. The van der Waals surface area contributed by atoms with E-state index < -0.39 is 0 Å². The van der Waals surface area contributed by atoms with E-state index in [0.717, 1.165) is 12.7 Å². The third-order valence-corrected chi connectivity index (χ3v) is 10.6. The second-order valence-electron chi connectivity index (χ2n) is 14.0. The molecule has 2 aliphatic heterocycles. The summed E-state index contributed by atoms with van der Waals surface area (Å²) in [5, 5.41) is 10.7. The maximum Gasteiger partial charge on any atom is 0.0514 e. The quantitative estimate of drug-likeness (QED) is 0.180. The van der Waals surface area contributed by atoms with Crippen molar-refractivity contribution in [3.63, 3.8) is 0 Å². The van der Waals surface area contributed by atoms with Crippen LogP contribution in [0.25, 0.3) is 43.1 Å². The van der Waals surface area contributed by atoms with E-state index in [4.69, 9.17) is 0 Å². The third kappa shape index (κ3) is 10.2. The molecule has 2 aliphatic rings. The zero-order chi connectivity index (χ0) is 37.4. The Morgan fingerprint density at radius 3 is 1.11 bits per heavy atom. The van der Waals surface area contributed by atoms with Crippen LogP contribution in [0.1, 0.15) is 58.1 Å². The van der Waals surface area contributed by atoms with Crippen LogP contribution in [0.4, 0.5) is 0 Å². The molecule has 274 valence electrons. The Morgan fingerprint density at radius 2 is 0.722 bits per heavy atom. The van der Waals surface area contributed by atoms with E-state index in [2.05, 4.69) is 205 Å². The second kappa shape index (κ2) is 20.3. The van der Waals surface area contributed by atoms with Gasteiger partial charge in [-0.05, 0) is 87.8 Å². The van der Waals surface area contributed by atoms with Crippen LogP contribution in [0.2, 0.25) is 0 Å². The molecule has 2 nitrogen and oxygen atoms in total. The summed E-state index contributed by atoms with van der Waals surface area (Å²) in [7, 11) is 0. The summed E-state index contributed by atoms with van der Waals surface area (Å²) in [4.78, 5) is 5.38. The highest BCUT2D eigenvalue weighted by Crippen LogP contribution is 2.36. The van der Waals surface area contributed by atoms with Crippen molar-refractivity contribution in [2.24, 2.45) is 0 Å². The van der Waals surface area contributed by atoms with Crippen LogP contribution in [-0.4, -0.2) is 35.6 Å². The monoisotopic (exact) mass is 708 g/mol. The van der Waals surface area contributed by atoms with Crippen LogP contribution >= 0.6 is 0 Å². The number of likely N-dealkylation sites (tertiary alicyclic amines) is 2. The molecule has 0 radical (unpaired) electrons. The van der Waals surface area contributed by atoms with Gasteiger partial charge in [-0.1, -0.05) is 202 Å². The lowest BCUT2D eigenvalue weighted by Crippen LogP contribution is -2.39. The molecule has 8 aromatic carbocycles. The van der Waals surface area contributed by atoms with Crippen LogP contribution in [0.15, 0.2) is 188 Å². The summed E-state index contributed by atoms with van der Waals surface area (Å²) in [5.74, 6) is 0. The molecule has 10 rings (SSSR count). The molecule has 0 bridgehead atoms. The topological polar surface area (TPSA) is 6.48 Å². The molecule has 0 N–H and O–H groups in total. The van der Waals surface area contributed by atoms with E-state index in [-0.39, 0.29) is 0 Å². The molecular formula is C52H56N2. The highest BCUT2D eigenvalue weighted by atomic mass is 15.3. The Bertz CT molecular complexity index is 1940. The molecule has 0 saturated carbocycles. The number of fused-ring (bicyclic) bond motifs is 4. The van der Waals surface area contributed by atoms with Gasteiger partial charge in [0.1, 0.15) is 0 Å². The highest BCUT2D eigenvalue weighted by molar-refractivity contribution is 5.86. The summed E-state index contributed by atoms with van der Waals surface area (Å²) >= 11 is 0. The number of hydrogen-bond donors (Lipinski definition) is 0. The summed E-state index contributed by atoms with van der Waals surface area (Å²) in [5.41, 5.74) is 1.53. The standard InChI is InChI=1S/C20H26N2.3C10H8.C2H6/c1-16-7-5-13-21(16)15-22-14-6-12-20(22)19-11-4-9-17-8-2-3-10-18(17)19;3*1-2-6-10-8-4-3-7-9(10)5-1;1-2/h2-4,8-11,16,20H,5-7,12-15H2,1H3;3*1-8H;1-2H3. The van der Waals surface area contributed by atoms with Crippen LogP contribution in [0, 0.1) is 0 Å². The average molecular weight is 709 g/mol. The first-order valence-electron chi connectivity index (χ1n) is 20.0. The lowest BCUT2D eigenvalue weighted by atomic mass is 9.97. The summed E-state index contributed by atoms with van der Waals surface area (Å²) in [6.07, 6.45) is 5.37. The van der Waals surface area contributed by atoms with Gasteiger partial charge in [0.25, 0.3) is 0 Å². The van der Waals surface area contributed by atoms with Crippen molar-refractivity contribution >= 4 is 43.1 Å². The number of rotatable bonds is 3. The van der Waals surface area contributed by atoms with Gasteiger partial charge in [-0.15, -0.1) is 0 Å². The van der Waals surface area contributed by atoms with Gasteiger partial charge in [0, 0.05) is 18.6 Å². The van der Waals surface area contributed by atoms with Gasteiger partial charge in [-0.25, -0.2) is 0 Å². The molecule has 0 amide bonds. The van der Waals surface area contributed by atoms with Crippen molar-refractivity contribution in [1.82, 2.24) is 9.80 Å². The minimum Gasteiger partial charge on any atom is -0.288 e. The first-order valence-corrected chi connectivity index (χ1v) is 20.0. The molecular weight excluding hydrogens is 653 g/mol. The zero-order valence-corrected chi connectivity index (χ0v) is 32.4. The minimum atomic E-state index is 0.596. The van der Waals surface area contributed by atoms with Crippen molar-refractivity contribution < 1.29 is 0 Å². The summed E-state index contributed by atoms with van der Waals surface area (Å²) in [6.45, 7) is 10.1. The fraction of sp³-hybridized carbons (Fsp3) is 0.231. The minimum absolute atomic E-state index is 0.596. The van der Waals surface area contributed by atoms with E-state index in [9.17, 15) is 0 Å². The van der Waals surface area contributed by atoms with Crippen molar-refractivity contribution in [3.8, 4) is 0 Å². The van der Waals surface area contributed by atoms with Crippen LogP contribution in [0.5, 0.6) is 0 Å². The Morgan fingerprint density at radius 1 is 0.389 bits per heavy atom. The predicted octanol–water partition coefficient (Wildman–Crippen LogP) is 14.0. The molecule has 0 aliphatic carbocycles. The molecule has 2 heterocycles. The van der Waals surface area contributed by atoms with Gasteiger partial charge in [-0.2, -0.15) is 0 Å². The van der Waals surface area contributed by atoms with Gasteiger partial charge in [0.15, 0.2) is 0 Å². The van der Waals surface area contributed by atoms with E-state index in [1.165, 1.54) is 87.4 Å². The molecule has 2 fully saturated rings. The fourth-order valence-electron chi connectivity index (χ4n) is 7.72. The Labute approximate surface area is 323 Å². The lowest BCUT2D eigenvalue weighted by Gasteiger charge is -2.32. The van der Waals surface area contributed by atoms with E-state index >= 15 is 0 Å². The van der Waals surface area contributed by atoms with Gasteiger partial charge >= 0.3 is 0 Å². The number of nitrogens with zero attached hydrogens (tertiary/aromatic N) is 2. The first-order chi connectivity index (χ1) is 26.7. The summed E-state index contributed by atoms with van der Waals surface area (Å²) < 4.78 is 0. The normalized spacial score (nSPS) is 16.6. The van der Waals surface area contributed by atoms with Gasteiger partial charge < -0.3 is 0 Å². The summed E-state index contributed by atoms with van der Waals surface area (Å²) in [6, 6.07) is 67.2. The van der Waals surface area contributed by atoms with Crippen LogP contribution in [0.3, 0.4) is 0 Å². The molecule has 0 aromatic heterocycles. The largest absolute Gasteiger partial charge is 0.288 e. The second-order valence-corrected chi connectivity index (χ2v) is 14.0. The third-order valence-electron chi connectivity index (χ3n) is 10.6. The maximum atomic E-state index is 2.71. The van der Waals surface area contributed by atoms with Crippen molar-refractivity contribution in [2.45, 2.75) is 58.5 Å². The van der Waals surface area contributed by atoms with Gasteiger partial charge in [0.2, 0.25) is 0 Å². The number of benzene rings is 8. The number of hydrogen-bond acceptors (Lipinski definition) is 2. The SMILES string of the molecule is CC.CC1CCCN1CN1CCCC1c1cccc2ccccc12.c1ccc2ccccc2c1.c1ccc2ccccc2c1.c1ccc2ccccc2c1. The molecule has 2 unspecified atom stereocenters. The van der Waals surface area contributed by atoms with E-state index in [1.54, 1.807) is 0 Å². The van der Waals surface area contributed by atoms with Crippen molar-refractivity contribution in [2.75, 3.05) is 19.8 Å². The Hall–Kier alpha value is -5.28. The van der Waals surface area contributed by atoms with Gasteiger partial charge in [0.05, 0.1) is 6.67 Å². The zero-order valence-electron chi connectivity index (χ0n) is 32.4. The smallest absolute Gasteiger partial charge is 0.0514 e. The van der Waals surface area contributed by atoms with Crippen molar-refractivity contribution in [1.29, 1.82) is 0 Å². The molecule has 8 aromatic rings. The molecule has 2 heteroatoms. The lowest BCUT2D eigenvalue weighted by molar-refractivity contribution is 0.117. The molecule has 0 spiro atoms. The predicted molar refractivity (Wildman–Crippen MR) is 236 cm³/mol. The van der Waals surface area contributed by atoms with Gasteiger partial charge in [-0.3, -0.25) is 9.80 Å². The average Bonchev–Trinajstić information content (AvgIpc) is 3.90. The van der Waals surface area contributed by atoms with E-state index in [0.29, 0.717) is 6.04 Å². The maximum absolute atomic E-state index is 2.71. The molecule has 2 saturated heterocycles. The Balaban J connectivity index is 0.000000131.